The van der Waals surface area contributed by atoms with Crippen molar-refractivity contribution in [3.8, 4) is 0 Å². The summed E-state index contributed by atoms with van der Waals surface area (Å²) < 4.78 is 0. The van der Waals surface area contributed by atoms with Gasteiger partial charge in [-0.3, -0.25) is 4.79 Å². The molecule has 0 heterocycles. The number of carbonyl (C=O) groups is 1. The summed E-state index contributed by atoms with van der Waals surface area (Å²) in [5, 5.41) is 9.43. The summed E-state index contributed by atoms with van der Waals surface area (Å²) in [6.07, 6.45) is 0. The number of rotatable bonds is 2. The van der Waals surface area contributed by atoms with Gasteiger partial charge in [-0.2, -0.15) is 0 Å². The van der Waals surface area contributed by atoms with Crippen molar-refractivity contribution < 1.29 is 9.90 Å². The largest absolute Gasteiger partial charge is 0.481 e. The van der Waals surface area contributed by atoms with Crippen molar-refractivity contribution in [3.05, 3.63) is 34.3 Å². The van der Waals surface area contributed by atoms with Gasteiger partial charge < -0.3 is 5.11 Å². The minimum atomic E-state index is -0.814. The van der Waals surface area contributed by atoms with Crippen LogP contribution in [0.5, 0.6) is 0 Å². The van der Waals surface area contributed by atoms with E-state index < -0.39 is 11.9 Å². The first kappa shape index (κ1) is 10.1. The van der Waals surface area contributed by atoms with Crippen molar-refractivity contribution in [3.63, 3.8) is 0 Å². The fraction of sp³-hybridized carbons (Fsp3) is 0.300. The summed E-state index contributed by atoms with van der Waals surface area (Å²) in [5.41, 5.74) is 1.74. The Labute approximate surface area is 82.2 Å². The highest BCUT2D eigenvalue weighted by molar-refractivity contribution is 6.30. The van der Waals surface area contributed by atoms with Crippen LogP contribution in [-0.2, 0) is 4.79 Å². The van der Waals surface area contributed by atoms with Gasteiger partial charge in [0.05, 0.1) is 5.92 Å². The lowest BCUT2D eigenvalue weighted by molar-refractivity contribution is -0.138. The van der Waals surface area contributed by atoms with Crippen molar-refractivity contribution >= 4 is 17.6 Å². The van der Waals surface area contributed by atoms with Crippen molar-refractivity contribution in [1.82, 2.24) is 0 Å². The zero-order chi connectivity index (χ0) is 10.0. The van der Waals surface area contributed by atoms with Gasteiger partial charge in [-0.15, -0.1) is 0 Å². The predicted molar refractivity (Wildman–Crippen MR) is 52.2 cm³/mol. The molecule has 0 radical (unpaired) electrons. The monoisotopic (exact) mass is 198 g/mol. The standard InChI is InChI=1S/C10H11ClO2/c1-6-5-8(11)3-4-9(6)7(2)10(12)13/h3-5,7H,1-2H3,(H,12,13). The molecular formula is C10H11ClO2. The maximum Gasteiger partial charge on any atom is 0.310 e. The molecule has 0 saturated carbocycles. The third-order valence-corrected chi connectivity index (χ3v) is 2.30. The lowest BCUT2D eigenvalue weighted by Gasteiger charge is -2.09. The fourth-order valence-electron chi connectivity index (χ4n) is 1.26. The molecule has 0 spiro atoms. The van der Waals surface area contributed by atoms with Gasteiger partial charge in [0.25, 0.3) is 0 Å². The average Bonchev–Trinajstić information content (AvgIpc) is 2.03. The highest BCUT2D eigenvalue weighted by Crippen LogP contribution is 2.22. The normalized spacial score (nSPS) is 12.5. The minimum Gasteiger partial charge on any atom is -0.481 e. The Morgan fingerprint density at radius 1 is 1.54 bits per heavy atom. The number of carboxylic acids is 1. The summed E-state index contributed by atoms with van der Waals surface area (Å²) in [6.45, 7) is 3.53. The van der Waals surface area contributed by atoms with Crippen LogP contribution in [-0.4, -0.2) is 11.1 Å². The lowest BCUT2D eigenvalue weighted by atomic mass is 9.97. The van der Waals surface area contributed by atoms with E-state index in [1.807, 2.05) is 6.92 Å². The molecule has 1 N–H and O–H groups in total. The van der Waals surface area contributed by atoms with Gasteiger partial charge in [-0.1, -0.05) is 17.7 Å². The first-order valence-electron chi connectivity index (χ1n) is 4.01. The van der Waals surface area contributed by atoms with Gasteiger partial charge in [0.15, 0.2) is 0 Å². The van der Waals surface area contributed by atoms with Crippen LogP contribution in [0, 0.1) is 6.92 Å². The number of aliphatic carboxylic acids is 1. The Hall–Kier alpha value is -1.02. The molecule has 0 aromatic heterocycles. The van der Waals surface area contributed by atoms with Gasteiger partial charge in [0.1, 0.15) is 0 Å². The van der Waals surface area contributed by atoms with Crippen LogP contribution in [0.15, 0.2) is 18.2 Å². The number of benzene rings is 1. The van der Waals surface area contributed by atoms with E-state index in [-0.39, 0.29) is 0 Å². The first-order valence-corrected chi connectivity index (χ1v) is 4.39. The van der Waals surface area contributed by atoms with Crippen LogP contribution in [0.25, 0.3) is 0 Å². The van der Waals surface area contributed by atoms with Crippen molar-refractivity contribution in [2.75, 3.05) is 0 Å². The van der Waals surface area contributed by atoms with E-state index in [1.54, 1.807) is 25.1 Å². The smallest absolute Gasteiger partial charge is 0.310 e. The molecule has 1 atom stereocenters. The molecule has 1 rings (SSSR count). The zero-order valence-electron chi connectivity index (χ0n) is 7.54. The second-order valence-electron chi connectivity index (χ2n) is 3.06. The molecular weight excluding hydrogens is 188 g/mol. The Balaban J connectivity index is 3.08. The second kappa shape index (κ2) is 3.79. The molecule has 0 aliphatic carbocycles. The van der Waals surface area contributed by atoms with Gasteiger partial charge in [-0.25, -0.2) is 0 Å². The highest BCUT2D eigenvalue weighted by Gasteiger charge is 2.15. The summed E-state index contributed by atoms with van der Waals surface area (Å²) in [6, 6.07) is 5.25. The molecule has 0 bridgehead atoms. The minimum absolute atomic E-state index is 0.475. The lowest BCUT2D eigenvalue weighted by Crippen LogP contribution is -2.08. The van der Waals surface area contributed by atoms with Crippen LogP contribution in [0.2, 0.25) is 5.02 Å². The van der Waals surface area contributed by atoms with Gasteiger partial charge in [0.2, 0.25) is 0 Å². The SMILES string of the molecule is Cc1cc(Cl)ccc1C(C)C(=O)O. The zero-order valence-corrected chi connectivity index (χ0v) is 8.30. The molecule has 1 unspecified atom stereocenters. The third-order valence-electron chi connectivity index (χ3n) is 2.07. The molecule has 2 nitrogen and oxygen atoms in total. The van der Waals surface area contributed by atoms with Crippen molar-refractivity contribution in [2.45, 2.75) is 19.8 Å². The molecule has 1 aromatic carbocycles. The number of halogens is 1. The number of carboxylic acid groups (broad SMARTS) is 1. The highest BCUT2D eigenvalue weighted by atomic mass is 35.5. The van der Waals surface area contributed by atoms with E-state index in [1.165, 1.54) is 0 Å². The van der Waals surface area contributed by atoms with Crippen LogP contribution in [0.4, 0.5) is 0 Å². The number of hydrogen-bond donors (Lipinski definition) is 1. The van der Waals surface area contributed by atoms with Crippen LogP contribution >= 0.6 is 11.6 Å². The fourth-order valence-corrected chi connectivity index (χ4v) is 1.48. The van der Waals surface area contributed by atoms with Gasteiger partial charge in [0, 0.05) is 5.02 Å². The van der Waals surface area contributed by atoms with Gasteiger partial charge >= 0.3 is 5.97 Å². The van der Waals surface area contributed by atoms with Gasteiger partial charge in [-0.05, 0) is 37.1 Å². The molecule has 1 aromatic rings. The summed E-state index contributed by atoms with van der Waals surface area (Å²) in [7, 11) is 0. The Kier molecular flexibility index (Phi) is 2.94. The maximum absolute atomic E-state index is 10.7. The molecule has 0 fully saturated rings. The molecule has 0 aliphatic rings. The Bertz CT molecular complexity index is 334. The van der Waals surface area contributed by atoms with Crippen LogP contribution < -0.4 is 0 Å². The molecule has 70 valence electrons. The van der Waals surface area contributed by atoms with Crippen molar-refractivity contribution in [1.29, 1.82) is 0 Å². The van der Waals surface area contributed by atoms with E-state index in [9.17, 15) is 4.79 Å². The first-order chi connectivity index (χ1) is 6.02. The number of aryl methyl sites for hydroxylation is 1. The predicted octanol–water partition coefficient (Wildman–Crippen LogP) is 2.84. The summed E-state index contributed by atoms with van der Waals surface area (Å²) in [4.78, 5) is 10.7. The summed E-state index contributed by atoms with van der Waals surface area (Å²) >= 11 is 5.75. The molecule has 0 aliphatic heterocycles. The summed E-state index contributed by atoms with van der Waals surface area (Å²) in [5.74, 6) is -1.29. The Morgan fingerprint density at radius 2 is 2.15 bits per heavy atom. The molecule has 3 heteroatoms. The molecule has 13 heavy (non-hydrogen) atoms. The maximum atomic E-state index is 10.7. The van der Waals surface area contributed by atoms with Crippen molar-refractivity contribution in [2.24, 2.45) is 0 Å². The quantitative estimate of drug-likeness (QED) is 0.794. The average molecular weight is 199 g/mol. The molecule has 0 amide bonds. The van der Waals surface area contributed by atoms with Crippen LogP contribution in [0.1, 0.15) is 24.0 Å². The van der Waals surface area contributed by atoms with Crippen LogP contribution in [0.3, 0.4) is 0 Å². The topological polar surface area (TPSA) is 37.3 Å². The Morgan fingerprint density at radius 3 is 2.62 bits per heavy atom. The second-order valence-corrected chi connectivity index (χ2v) is 3.50. The van der Waals surface area contributed by atoms with E-state index in [0.717, 1.165) is 11.1 Å². The third kappa shape index (κ3) is 2.22. The molecule has 0 saturated heterocycles. The van der Waals surface area contributed by atoms with E-state index in [4.69, 9.17) is 16.7 Å². The van der Waals surface area contributed by atoms with E-state index >= 15 is 0 Å². The van der Waals surface area contributed by atoms with E-state index in [2.05, 4.69) is 0 Å². The number of hydrogen-bond acceptors (Lipinski definition) is 1. The van der Waals surface area contributed by atoms with E-state index in [0.29, 0.717) is 5.02 Å².